The van der Waals surface area contributed by atoms with E-state index in [1.165, 1.54) is 29.3 Å². The average molecular weight is 426 g/mol. The molecule has 0 aliphatic carbocycles. The quantitative estimate of drug-likeness (QED) is 0.641. The Hall–Kier alpha value is -3.19. The van der Waals surface area contributed by atoms with Gasteiger partial charge in [-0.1, -0.05) is 17.7 Å². The molecule has 166 valence electrons. The van der Waals surface area contributed by atoms with Crippen molar-refractivity contribution in [2.24, 2.45) is 0 Å². The minimum atomic E-state index is -0.753. The van der Waals surface area contributed by atoms with Crippen molar-refractivity contribution >= 4 is 17.7 Å². The van der Waals surface area contributed by atoms with Crippen molar-refractivity contribution in [3.63, 3.8) is 0 Å². The van der Waals surface area contributed by atoms with Gasteiger partial charge in [-0.05, 0) is 77.9 Å². The highest BCUT2D eigenvalue weighted by Gasteiger charge is 2.30. The van der Waals surface area contributed by atoms with Gasteiger partial charge in [-0.2, -0.15) is 0 Å². The van der Waals surface area contributed by atoms with Crippen LogP contribution < -0.4 is 10.7 Å². The number of hydrogen-bond donors (Lipinski definition) is 3. The van der Waals surface area contributed by atoms with Crippen LogP contribution in [-0.4, -0.2) is 45.5 Å². The molecule has 0 unspecified atom stereocenters. The zero-order valence-electron chi connectivity index (χ0n) is 18.9. The van der Waals surface area contributed by atoms with Crippen molar-refractivity contribution in [2.45, 2.75) is 52.6 Å². The number of aliphatic hydroxyl groups excluding tert-OH is 1. The van der Waals surface area contributed by atoms with Crippen LogP contribution in [0.5, 0.6) is 0 Å². The van der Waals surface area contributed by atoms with Crippen molar-refractivity contribution in [3.05, 3.63) is 70.8 Å². The van der Waals surface area contributed by atoms with Crippen molar-refractivity contribution in [3.8, 4) is 0 Å². The van der Waals surface area contributed by atoms with E-state index in [4.69, 9.17) is 0 Å². The van der Waals surface area contributed by atoms with Crippen molar-refractivity contribution in [2.75, 3.05) is 6.61 Å². The Labute approximate surface area is 183 Å². The van der Waals surface area contributed by atoms with Crippen LogP contribution in [0, 0.1) is 6.92 Å². The third-order valence-electron chi connectivity index (χ3n) is 4.61. The van der Waals surface area contributed by atoms with E-state index in [-0.39, 0.29) is 18.4 Å². The Kier molecular flexibility index (Phi) is 7.23. The standard InChI is InChI=1S/C24H31N3O4/c1-16-8-7-9-19(14-16)22(31)27(23(2,3)4)26-21(30)18-12-10-17(11-13-18)20(29)25-24(5,6)15-28/h7-14,28H,15H2,1-6H3,(H,25,29)(H,26,30). The molecule has 0 bridgehead atoms. The topological polar surface area (TPSA) is 98.7 Å². The van der Waals surface area contributed by atoms with Gasteiger partial charge >= 0.3 is 0 Å². The lowest BCUT2D eigenvalue weighted by molar-refractivity contribution is 0.0358. The summed E-state index contributed by atoms with van der Waals surface area (Å²) in [5.74, 6) is -1.12. The van der Waals surface area contributed by atoms with E-state index in [0.29, 0.717) is 16.7 Å². The lowest BCUT2D eigenvalue weighted by Crippen LogP contribution is -2.55. The van der Waals surface area contributed by atoms with E-state index in [2.05, 4.69) is 10.7 Å². The predicted octanol–water partition coefficient (Wildman–Crippen LogP) is 3.08. The summed E-state index contributed by atoms with van der Waals surface area (Å²) < 4.78 is 0. The fraction of sp³-hybridized carbons (Fsp3) is 0.375. The van der Waals surface area contributed by atoms with E-state index in [0.717, 1.165) is 5.56 Å². The molecule has 0 fully saturated rings. The van der Waals surface area contributed by atoms with Crippen molar-refractivity contribution < 1.29 is 19.5 Å². The number of amides is 3. The van der Waals surface area contributed by atoms with Crippen LogP contribution in [0.2, 0.25) is 0 Å². The molecule has 3 amide bonds. The molecule has 0 aliphatic heterocycles. The highest BCUT2D eigenvalue weighted by molar-refractivity contribution is 6.00. The molecule has 0 heterocycles. The highest BCUT2D eigenvalue weighted by atomic mass is 16.3. The third-order valence-corrected chi connectivity index (χ3v) is 4.61. The number of nitrogens with one attached hydrogen (secondary N) is 2. The van der Waals surface area contributed by atoms with Gasteiger partial charge < -0.3 is 10.4 Å². The average Bonchev–Trinajstić information content (AvgIpc) is 2.70. The van der Waals surface area contributed by atoms with Gasteiger partial charge in [0.1, 0.15) is 0 Å². The fourth-order valence-electron chi connectivity index (χ4n) is 2.79. The van der Waals surface area contributed by atoms with Gasteiger partial charge in [-0.25, -0.2) is 5.01 Å². The molecule has 0 spiro atoms. The summed E-state index contributed by atoms with van der Waals surface area (Å²) in [6.07, 6.45) is 0. The van der Waals surface area contributed by atoms with Crippen LogP contribution in [0.15, 0.2) is 48.5 Å². The Morgan fingerprint density at radius 3 is 1.90 bits per heavy atom. The van der Waals surface area contributed by atoms with Crippen LogP contribution in [0.4, 0.5) is 0 Å². The molecule has 31 heavy (non-hydrogen) atoms. The largest absolute Gasteiger partial charge is 0.394 e. The lowest BCUT2D eigenvalue weighted by Gasteiger charge is -2.35. The van der Waals surface area contributed by atoms with Gasteiger partial charge in [0.25, 0.3) is 17.7 Å². The summed E-state index contributed by atoms with van der Waals surface area (Å²) >= 11 is 0. The monoisotopic (exact) mass is 425 g/mol. The molecule has 0 radical (unpaired) electrons. The SMILES string of the molecule is Cc1cccc(C(=O)N(NC(=O)c2ccc(C(=O)NC(C)(C)CO)cc2)C(C)(C)C)c1. The van der Waals surface area contributed by atoms with Gasteiger partial charge in [0.05, 0.1) is 17.7 Å². The van der Waals surface area contributed by atoms with Crippen LogP contribution in [0.25, 0.3) is 0 Å². The predicted molar refractivity (Wildman–Crippen MR) is 120 cm³/mol. The Morgan fingerprint density at radius 2 is 1.42 bits per heavy atom. The van der Waals surface area contributed by atoms with Crippen LogP contribution in [-0.2, 0) is 0 Å². The van der Waals surface area contributed by atoms with E-state index >= 15 is 0 Å². The summed E-state index contributed by atoms with van der Waals surface area (Å²) in [4.78, 5) is 38.2. The fourth-order valence-corrected chi connectivity index (χ4v) is 2.79. The second-order valence-electron chi connectivity index (χ2n) is 9.20. The van der Waals surface area contributed by atoms with Gasteiger partial charge in [0.15, 0.2) is 0 Å². The van der Waals surface area contributed by atoms with E-state index in [1.54, 1.807) is 32.0 Å². The smallest absolute Gasteiger partial charge is 0.272 e. The first-order chi connectivity index (χ1) is 14.3. The molecule has 2 aromatic carbocycles. The first kappa shape index (κ1) is 24.1. The third kappa shape index (κ3) is 6.39. The molecular formula is C24H31N3O4. The maximum absolute atomic E-state index is 13.1. The van der Waals surface area contributed by atoms with Gasteiger partial charge in [-0.15, -0.1) is 0 Å². The zero-order chi connectivity index (χ0) is 23.4. The van der Waals surface area contributed by atoms with E-state index in [1.807, 2.05) is 33.8 Å². The first-order valence-corrected chi connectivity index (χ1v) is 10.1. The summed E-state index contributed by atoms with van der Waals surface area (Å²) in [6.45, 7) is 10.6. The maximum Gasteiger partial charge on any atom is 0.272 e. The lowest BCUT2D eigenvalue weighted by atomic mass is 10.0. The number of hydrazine groups is 1. The van der Waals surface area contributed by atoms with Gasteiger partial charge in [-0.3, -0.25) is 19.8 Å². The minimum Gasteiger partial charge on any atom is -0.394 e. The number of carbonyl (C=O) groups excluding carboxylic acids is 3. The van der Waals surface area contributed by atoms with E-state index in [9.17, 15) is 19.5 Å². The number of rotatable bonds is 5. The molecule has 0 saturated heterocycles. The Bertz CT molecular complexity index is 960. The number of nitrogens with zero attached hydrogens (tertiary/aromatic N) is 1. The molecule has 2 aromatic rings. The molecule has 7 heteroatoms. The Balaban J connectivity index is 2.19. The first-order valence-electron chi connectivity index (χ1n) is 10.1. The zero-order valence-corrected chi connectivity index (χ0v) is 18.9. The molecule has 3 N–H and O–H groups in total. The summed E-state index contributed by atoms with van der Waals surface area (Å²) in [6, 6.07) is 13.3. The van der Waals surface area contributed by atoms with Crippen molar-refractivity contribution in [1.29, 1.82) is 0 Å². The normalized spacial score (nSPS) is 11.6. The number of aryl methyl sites for hydroxylation is 1. The molecule has 0 atom stereocenters. The van der Waals surface area contributed by atoms with Crippen LogP contribution in [0.1, 0.15) is 71.3 Å². The molecule has 0 aromatic heterocycles. The molecule has 2 rings (SSSR count). The van der Waals surface area contributed by atoms with Gasteiger partial charge in [0.2, 0.25) is 0 Å². The van der Waals surface area contributed by atoms with E-state index < -0.39 is 17.0 Å². The molecule has 0 saturated carbocycles. The summed E-state index contributed by atoms with van der Waals surface area (Å²) in [5, 5.41) is 13.3. The Morgan fingerprint density at radius 1 is 0.871 bits per heavy atom. The second kappa shape index (κ2) is 9.31. The van der Waals surface area contributed by atoms with Crippen LogP contribution >= 0.6 is 0 Å². The minimum absolute atomic E-state index is 0.198. The van der Waals surface area contributed by atoms with Crippen LogP contribution in [0.3, 0.4) is 0 Å². The molecule has 7 nitrogen and oxygen atoms in total. The highest BCUT2D eigenvalue weighted by Crippen LogP contribution is 2.17. The number of hydrogen-bond acceptors (Lipinski definition) is 4. The number of aliphatic hydroxyl groups is 1. The summed E-state index contributed by atoms with van der Waals surface area (Å²) in [7, 11) is 0. The second-order valence-corrected chi connectivity index (χ2v) is 9.20. The number of carbonyl (C=O) groups is 3. The molecule has 0 aliphatic rings. The summed E-state index contributed by atoms with van der Waals surface area (Å²) in [5.41, 5.74) is 3.39. The van der Waals surface area contributed by atoms with Gasteiger partial charge in [0, 0.05) is 16.7 Å². The van der Waals surface area contributed by atoms with Crippen molar-refractivity contribution in [1.82, 2.24) is 15.8 Å². The maximum atomic E-state index is 13.1. The number of benzene rings is 2. The molecular weight excluding hydrogens is 394 g/mol.